The summed E-state index contributed by atoms with van der Waals surface area (Å²) < 4.78 is 37.6. The van der Waals surface area contributed by atoms with Crippen molar-refractivity contribution in [2.24, 2.45) is 0 Å². The Hall–Kier alpha value is -3.07. The van der Waals surface area contributed by atoms with Crippen LogP contribution < -0.4 is 4.90 Å². The molecule has 0 radical (unpaired) electrons. The highest BCUT2D eigenvalue weighted by Crippen LogP contribution is 2.38. The van der Waals surface area contributed by atoms with E-state index in [1.807, 2.05) is 31.2 Å². The Labute approximate surface area is 180 Å². The van der Waals surface area contributed by atoms with Gasteiger partial charge in [0, 0.05) is 23.0 Å². The number of aromatic nitrogens is 1. The van der Waals surface area contributed by atoms with Crippen LogP contribution in [0.4, 0.5) is 23.7 Å². The second-order valence-corrected chi connectivity index (χ2v) is 8.38. The summed E-state index contributed by atoms with van der Waals surface area (Å²) in [6.45, 7) is 3.81. The lowest BCUT2D eigenvalue weighted by molar-refractivity contribution is -0.119. The average Bonchev–Trinajstić information content (AvgIpc) is 2.92. The number of carbonyl (C=O) groups excluding carboxylic acids is 2. The zero-order valence-corrected chi connectivity index (χ0v) is 17.5. The molecule has 2 aromatic carbocycles. The smallest absolute Gasteiger partial charge is 0.308 e. The van der Waals surface area contributed by atoms with E-state index >= 15 is 0 Å². The topological polar surface area (TPSA) is 53.5 Å². The Morgan fingerprint density at radius 2 is 1.77 bits per heavy atom. The third-order valence-corrected chi connectivity index (χ3v) is 5.95. The standard InChI is InChI=1S/C22H18F3N3O2S/c1-13-4-3-5-18-15(10-11-26-19(13)18)12-27-14(2)20(29)28(21(27)30)16-6-8-17(9-7-16)31-22(23,24)25/h3-11,14H,12H2,1-2H3. The Morgan fingerprint density at radius 3 is 2.45 bits per heavy atom. The van der Waals surface area contributed by atoms with Gasteiger partial charge in [0.2, 0.25) is 0 Å². The molecular formula is C22H18F3N3O2S. The van der Waals surface area contributed by atoms with Gasteiger partial charge in [-0.2, -0.15) is 13.2 Å². The zero-order valence-electron chi connectivity index (χ0n) is 16.7. The van der Waals surface area contributed by atoms with Crippen LogP contribution in [0.25, 0.3) is 10.9 Å². The zero-order chi connectivity index (χ0) is 22.3. The number of thioether (sulfide) groups is 1. The third-order valence-electron chi connectivity index (χ3n) is 5.21. The predicted octanol–water partition coefficient (Wildman–Crippen LogP) is 5.51. The Bertz CT molecular complexity index is 1160. The number of hydrogen-bond acceptors (Lipinski definition) is 4. The first-order valence-corrected chi connectivity index (χ1v) is 10.3. The summed E-state index contributed by atoms with van der Waals surface area (Å²) in [6.07, 6.45) is 1.67. The predicted molar refractivity (Wildman–Crippen MR) is 113 cm³/mol. The number of nitrogens with zero attached hydrogens (tertiary/aromatic N) is 3. The molecule has 0 aliphatic carbocycles. The van der Waals surface area contributed by atoms with E-state index in [4.69, 9.17) is 0 Å². The highest BCUT2D eigenvalue weighted by atomic mass is 32.2. The second-order valence-electron chi connectivity index (χ2n) is 7.24. The SMILES string of the molecule is Cc1cccc2c(CN3C(=O)N(c4ccc(SC(F)(F)F)cc4)C(=O)C3C)ccnc12. The molecule has 4 rings (SSSR count). The Morgan fingerprint density at radius 1 is 1.06 bits per heavy atom. The number of aryl methyl sites for hydroxylation is 1. The van der Waals surface area contributed by atoms with Crippen molar-refractivity contribution in [3.63, 3.8) is 0 Å². The van der Waals surface area contributed by atoms with Crippen molar-refractivity contribution in [1.29, 1.82) is 0 Å². The van der Waals surface area contributed by atoms with E-state index in [1.54, 1.807) is 13.1 Å². The van der Waals surface area contributed by atoms with Gasteiger partial charge in [-0.25, -0.2) is 9.69 Å². The largest absolute Gasteiger partial charge is 0.446 e. The minimum atomic E-state index is -4.40. The van der Waals surface area contributed by atoms with Gasteiger partial charge in [0.05, 0.1) is 11.2 Å². The number of carbonyl (C=O) groups is 2. The monoisotopic (exact) mass is 445 g/mol. The fourth-order valence-corrected chi connectivity index (χ4v) is 4.19. The molecule has 1 unspecified atom stereocenters. The van der Waals surface area contributed by atoms with Crippen LogP contribution in [0.5, 0.6) is 0 Å². The molecule has 160 valence electrons. The molecule has 1 atom stereocenters. The summed E-state index contributed by atoms with van der Waals surface area (Å²) in [4.78, 5) is 32.8. The molecule has 1 saturated heterocycles. The van der Waals surface area contributed by atoms with Crippen LogP contribution in [0, 0.1) is 6.92 Å². The highest BCUT2D eigenvalue weighted by molar-refractivity contribution is 8.00. The maximum Gasteiger partial charge on any atom is 0.446 e. The average molecular weight is 445 g/mol. The van der Waals surface area contributed by atoms with Crippen LogP contribution in [0.2, 0.25) is 0 Å². The second kappa shape index (κ2) is 7.88. The van der Waals surface area contributed by atoms with E-state index in [0.29, 0.717) is 0 Å². The van der Waals surface area contributed by atoms with Gasteiger partial charge in [0.1, 0.15) is 6.04 Å². The van der Waals surface area contributed by atoms with Gasteiger partial charge in [-0.1, -0.05) is 18.2 Å². The van der Waals surface area contributed by atoms with E-state index in [9.17, 15) is 22.8 Å². The van der Waals surface area contributed by atoms with Crippen LogP contribution in [-0.4, -0.2) is 33.4 Å². The van der Waals surface area contributed by atoms with Crippen LogP contribution in [-0.2, 0) is 11.3 Å². The number of alkyl halides is 3. The van der Waals surface area contributed by atoms with Crippen LogP contribution in [0.1, 0.15) is 18.1 Å². The number of urea groups is 1. The molecule has 0 N–H and O–H groups in total. The number of imide groups is 1. The van der Waals surface area contributed by atoms with Crippen molar-refractivity contribution >= 4 is 40.3 Å². The molecule has 1 fully saturated rings. The fraction of sp³-hybridized carbons (Fsp3) is 0.227. The first kappa shape index (κ1) is 21.2. The number of benzene rings is 2. The number of rotatable bonds is 4. The first-order chi connectivity index (χ1) is 14.7. The van der Waals surface area contributed by atoms with Gasteiger partial charge in [0.15, 0.2) is 0 Å². The van der Waals surface area contributed by atoms with Crippen molar-refractivity contribution in [2.45, 2.75) is 36.8 Å². The fourth-order valence-electron chi connectivity index (χ4n) is 3.65. The van der Waals surface area contributed by atoms with Gasteiger partial charge >= 0.3 is 11.5 Å². The molecule has 31 heavy (non-hydrogen) atoms. The summed E-state index contributed by atoms with van der Waals surface area (Å²) in [5, 5.41) is 0.905. The molecule has 9 heteroatoms. The van der Waals surface area contributed by atoms with Crippen molar-refractivity contribution in [3.8, 4) is 0 Å². The maximum atomic E-state index is 13.1. The van der Waals surface area contributed by atoms with E-state index in [0.717, 1.165) is 26.9 Å². The van der Waals surface area contributed by atoms with Crippen LogP contribution in [0.15, 0.2) is 59.6 Å². The molecule has 0 saturated carbocycles. The van der Waals surface area contributed by atoms with E-state index in [2.05, 4.69) is 4.98 Å². The normalized spacial score (nSPS) is 17.1. The summed E-state index contributed by atoms with van der Waals surface area (Å²) in [5.41, 5.74) is -1.46. The van der Waals surface area contributed by atoms with Crippen LogP contribution >= 0.6 is 11.8 Å². The molecule has 3 aromatic rings. The lowest BCUT2D eigenvalue weighted by Gasteiger charge is -2.20. The maximum absolute atomic E-state index is 13.1. The molecule has 1 aliphatic heterocycles. The lowest BCUT2D eigenvalue weighted by Crippen LogP contribution is -2.33. The Balaban J connectivity index is 1.61. The third kappa shape index (κ3) is 4.10. The number of para-hydroxylation sites is 1. The number of anilines is 1. The summed E-state index contributed by atoms with van der Waals surface area (Å²) in [6, 6.07) is 11.6. The lowest BCUT2D eigenvalue weighted by atomic mass is 10.1. The van der Waals surface area contributed by atoms with Crippen LogP contribution in [0.3, 0.4) is 0 Å². The highest BCUT2D eigenvalue weighted by Gasteiger charge is 2.43. The van der Waals surface area contributed by atoms with Crippen molar-refractivity contribution in [3.05, 3.63) is 65.9 Å². The van der Waals surface area contributed by atoms with Gasteiger partial charge in [-0.3, -0.25) is 9.78 Å². The molecule has 1 aliphatic rings. The van der Waals surface area contributed by atoms with Gasteiger partial charge in [-0.05, 0) is 67.1 Å². The molecular weight excluding hydrogens is 427 g/mol. The quantitative estimate of drug-likeness (QED) is 0.392. The molecule has 0 bridgehead atoms. The molecule has 5 nitrogen and oxygen atoms in total. The van der Waals surface area contributed by atoms with Gasteiger partial charge in [-0.15, -0.1) is 0 Å². The molecule has 1 aromatic heterocycles. The minimum absolute atomic E-state index is 0.0149. The van der Waals surface area contributed by atoms with Crippen molar-refractivity contribution in [2.75, 3.05) is 4.90 Å². The summed E-state index contributed by atoms with van der Waals surface area (Å²) in [5.74, 6) is -0.421. The summed E-state index contributed by atoms with van der Waals surface area (Å²) >= 11 is -0.246. The number of amides is 3. The summed E-state index contributed by atoms with van der Waals surface area (Å²) in [7, 11) is 0. The Kier molecular flexibility index (Phi) is 5.38. The van der Waals surface area contributed by atoms with Crippen molar-refractivity contribution in [1.82, 2.24) is 9.88 Å². The van der Waals surface area contributed by atoms with E-state index in [-0.39, 0.29) is 28.9 Å². The number of hydrogen-bond donors (Lipinski definition) is 0. The van der Waals surface area contributed by atoms with Crippen molar-refractivity contribution < 1.29 is 22.8 Å². The van der Waals surface area contributed by atoms with E-state index < -0.39 is 23.5 Å². The molecule has 2 heterocycles. The van der Waals surface area contributed by atoms with Gasteiger partial charge in [0.25, 0.3) is 5.91 Å². The van der Waals surface area contributed by atoms with Gasteiger partial charge < -0.3 is 4.90 Å². The minimum Gasteiger partial charge on any atom is -0.308 e. The number of pyridine rings is 1. The number of halogens is 3. The molecule has 0 spiro atoms. The first-order valence-electron chi connectivity index (χ1n) is 9.49. The number of fused-ring (bicyclic) bond motifs is 1. The molecule has 3 amide bonds. The van der Waals surface area contributed by atoms with E-state index in [1.165, 1.54) is 29.2 Å².